The Balaban J connectivity index is 1.66. The van der Waals surface area contributed by atoms with Gasteiger partial charge in [0, 0.05) is 36.9 Å². The SMILES string of the molecule is Cc1cnc(CN(Cc2ncccc2C(C)(C)c2ccccc2)C2CCNCC2)c(C)c1. The number of pyridine rings is 2. The van der Waals surface area contributed by atoms with Crippen molar-refractivity contribution in [1.82, 2.24) is 20.2 Å². The number of aromatic nitrogens is 2. The predicted molar refractivity (Wildman–Crippen MR) is 132 cm³/mol. The van der Waals surface area contributed by atoms with E-state index in [2.05, 4.69) is 86.4 Å². The summed E-state index contributed by atoms with van der Waals surface area (Å²) in [5.74, 6) is 0. The van der Waals surface area contributed by atoms with Crippen LogP contribution in [0.1, 0.15) is 60.3 Å². The minimum atomic E-state index is -0.108. The number of nitrogens with zero attached hydrogens (tertiary/aromatic N) is 3. The molecule has 0 saturated carbocycles. The van der Waals surface area contributed by atoms with E-state index in [1.807, 2.05) is 12.4 Å². The molecule has 2 aromatic heterocycles. The Bertz CT molecular complexity index is 1020. The van der Waals surface area contributed by atoms with Crippen LogP contribution in [0.15, 0.2) is 60.9 Å². The van der Waals surface area contributed by atoms with Crippen molar-refractivity contribution in [3.63, 3.8) is 0 Å². The van der Waals surface area contributed by atoms with Crippen molar-refractivity contribution in [2.75, 3.05) is 13.1 Å². The normalized spacial score (nSPS) is 15.3. The van der Waals surface area contributed by atoms with Crippen molar-refractivity contribution >= 4 is 0 Å². The van der Waals surface area contributed by atoms with Crippen LogP contribution in [0.5, 0.6) is 0 Å². The maximum Gasteiger partial charge on any atom is 0.0584 e. The number of nitrogens with one attached hydrogen (secondary N) is 1. The topological polar surface area (TPSA) is 41.1 Å². The van der Waals surface area contributed by atoms with Gasteiger partial charge in [-0.3, -0.25) is 14.9 Å². The lowest BCUT2D eigenvalue weighted by atomic mass is 9.77. The molecule has 32 heavy (non-hydrogen) atoms. The largest absolute Gasteiger partial charge is 0.317 e. The molecule has 0 radical (unpaired) electrons. The lowest BCUT2D eigenvalue weighted by Gasteiger charge is -2.36. The first-order valence-electron chi connectivity index (χ1n) is 11.8. The van der Waals surface area contributed by atoms with E-state index in [-0.39, 0.29) is 5.41 Å². The van der Waals surface area contributed by atoms with E-state index in [1.165, 1.54) is 33.6 Å². The van der Waals surface area contributed by atoms with Crippen LogP contribution in [-0.4, -0.2) is 34.0 Å². The van der Waals surface area contributed by atoms with Gasteiger partial charge < -0.3 is 5.32 Å². The highest BCUT2D eigenvalue weighted by molar-refractivity contribution is 5.39. The summed E-state index contributed by atoms with van der Waals surface area (Å²) in [4.78, 5) is 12.3. The average Bonchev–Trinajstić information content (AvgIpc) is 2.81. The standard InChI is InChI=1S/C28H36N4/c1-21-17-22(2)26(31-18-21)19-32(24-12-15-29-16-13-24)20-27-25(11-8-14-30-27)28(3,4)23-9-6-5-7-10-23/h5-11,14,17-18,24,29H,12-13,15-16,19-20H2,1-4H3. The van der Waals surface area contributed by atoms with Gasteiger partial charge in [0.05, 0.1) is 11.4 Å². The quantitative estimate of drug-likeness (QED) is 0.563. The second-order valence-electron chi connectivity index (χ2n) is 9.65. The lowest BCUT2D eigenvalue weighted by Crippen LogP contribution is -2.43. The lowest BCUT2D eigenvalue weighted by molar-refractivity contribution is 0.141. The molecule has 4 heteroatoms. The minimum Gasteiger partial charge on any atom is -0.317 e. The fourth-order valence-corrected chi connectivity index (χ4v) is 4.92. The van der Waals surface area contributed by atoms with Crippen molar-refractivity contribution in [2.45, 2.75) is 65.1 Å². The summed E-state index contributed by atoms with van der Waals surface area (Å²) < 4.78 is 0. The summed E-state index contributed by atoms with van der Waals surface area (Å²) in [6.07, 6.45) is 6.26. The van der Waals surface area contributed by atoms with Gasteiger partial charge >= 0.3 is 0 Å². The number of hydrogen-bond donors (Lipinski definition) is 1. The molecule has 4 rings (SSSR count). The highest BCUT2D eigenvalue weighted by Gasteiger charge is 2.29. The van der Waals surface area contributed by atoms with Gasteiger partial charge in [-0.2, -0.15) is 0 Å². The summed E-state index contributed by atoms with van der Waals surface area (Å²) in [7, 11) is 0. The van der Waals surface area contributed by atoms with Crippen molar-refractivity contribution in [1.29, 1.82) is 0 Å². The van der Waals surface area contributed by atoms with Gasteiger partial charge in [0.1, 0.15) is 0 Å². The molecule has 3 aromatic rings. The van der Waals surface area contributed by atoms with E-state index in [9.17, 15) is 0 Å². The van der Waals surface area contributed by atoms with Crippen LogP contribution in [0.2, 0.25) is 0 Å². The Kier molecular flexibility index (Phi) is 7.02. The van der Waals surface area contributed by atoms with Crippen LogP contribution in [0.4, 0.5) is 0 Å². The molecule has 0 spiro atoms. The van der Waals surface area contributed by atoms with Crippen molar-refractivity contribution in [3.05, 3.63) is 94.6 Å². The molecule has 3 heterocycles. The van der Waals surface area contributed by atoms with Crippen molar-refractivity contribution in [3.8, 4) is 0 Å². The Morgan fingerprint density at radius 2 is 1.66 bits per heavy atom. The van der Waals surface area contributed by atoms with Crippen LogP contribution in [-0.2, 0) is 18.5 Å². The highest BCUT2D eigenvalue weighted by atomic mass is 15.2. The molecule has 1 fully saturated rings. The third-order valence-electron chi connectivity index (χ3n) is 6.91. The third kappa shape index (κ3) is 5.08. The number of piperidine rings is 1. The maximum atomic E-state index is 4.91. The molecular formula is C28H36N4. The van der Waals surface area contributed by atoms with Crippen molar-refractivity contribution < 1.29 is 0 Å². The second-order valence-corrected chi connectivity index (χ2v) is 9.65. The van der Waals surface area contributed by atoms with Gasteiger partial charge in [0.15, 0.2) is 0 Å². The van der Waals surface area contributed by atoms with Crippen molar-refractivity contribution in [2.24, 2.45) is 0 Å². The van der Waals surface area contributed by atoms with E-state index in [4.69, 9.17) is 9.97 Å². The van der Waals surface area contributed by atoms with Gasteiger partial charge in [-0.15, -0.1) is 0 Å². The number of hydrogen-bond acceptors (Lipinski definition) is 4. The van der Waals surface area contributed by atoms with Crippen LogP contribution < -0.4 is 5.32 Å². The zero-order chi connectivity index (χ0) is 22.6. The molecule has 1 N–H and O–H groups in total. The van der Waals surface area contributed by atoms with E-state index in [0.29, 0.717) is 6.04 Å². The molecule has 0 atom stereocenters. The summed E-state index contributed by atoms with van der Waals surface area (Å²) in [5, 5.41) is 3.52. The summed E-state index contributed by atoms with van der Waals surface area (Å²) in [6, 6.07) is 17.9. The molecule has 0 bridgehead atoms. The number of rotatable bonds is 7. The molecule has 0 aliphatic carbocycles. The smallest absolute Gasteiger partial charge is 0.0584 e. The van der Waals surface area contributed by atoms with Gasteiger partial charge in [0.25, 0.3) is 0 Å². The maximum absolute atomic E-state index is 4.91. The van der Waals surface area contributed by atoms with Gasteiger partial charge in [-0.25, -0.2) is 0 Å². The summed E-state index contributed by atoms with van der Waals surface area (Å²) >= 11 is 0. The zero-order valence-electron chi connectivity index (χ0n) is 19.9. The fourth-order valence-electron chi connectivity index (χ4n) is 4.92. The molecule has 4 nitrogen and oxygen atoms in total. The Morgan fingerprint density at radius 3 is 2.38 bits per heavy atom. The first-order valence-corrected chi connectivity index (χ1v) is 11.8. The Hall–Kier alpha value is -2.56. The molecule has 0 amide bonds. The average molecular weight is 429 g/mol. The van der Waals surface area contributed by atoms with E-state index >= 15 is 0 Å². The molecule has 168 valence electrons. The number of aryl methyl sites for hydroxylation is 2. The van der Waals surface area contributed by atoms with Gasteiger partial charge in [0.2, 0.25) is 0 Å². The molecular weight excluding hydrogens is 392 g/mol. The molecule has 1 aliphatic heterocycles. The molecule has 1 saturated heterocycles. The van der Waals surface area contributed by atoms with E-state index < -0.39 is 0 Å². The van der Waals surface area contributed by atoms with E-state index in [0.717, 1.165) is 39.0 Å². The predicted octanol–water partition coefficient (Wildman–Crippen LogP) is 5.17. The summed E-state index contributed by atoms with van der Waals surface area (Å²) in [6.45, 7) is 12.8. The molecule has 1 aromatic carbocycles. The first kappa shape index (κ1) is 22.6. The zero-order valence-corrected chi connectivity index (χ0v) is 19.9. The second kappa shape index (κ2) is 9.93. The van der Waals surface area contributed by atoms with Crippen LogP contribution in [0.3, 0.4) is 0 Å². The Labute approximate surface area is 193 Å². The van der Waals surface area contributed by atoms with E-state index in [1.54, 1.807) is 0 Å². The van der Waals surface area contributed by atoms with Crippen LogP contribution in [0.25, 0.3) is 0 Å². The van der Waals surface area contributed by atoms with Crippen LogP contribution >= 0.6 is 0 Å². The molecule has 1 aliphatic rings. The number of benzene rings is 1. The fraction of sp³-hybridized carbons (Fsp3) is 0.429. The first-order chi connectivity index (χ1) is 15.4. The molecule has 0 unspecified atom stereocenters. The third-order valence-corrected chi connectivity index (χ3v) is 6.91. The van der Waals surface area contributed by atoms with Gasteiger partial charge in [-0.1, -0.05) is 56.3 Å². The monoisotopic (exact) mass is 428 g/mol. The highest BCUT2D eigenvalue weighted by Crippen LogP contribution is 2.34. The summed E-state index contributed by atoms with van der Waals surface area (Å²) in [5.41, 5.74) is 7.35. The van der Waals surface area contributed by atoms with Crippen LogP contribution in [0, 0.1) is 13.8 Å². The Morgan fingerprint density at radius 1 is 0.938 bits per heavy atom. The minimum absolute atomic E-state index is 0.108. The van der Waals surface area contributed by atoms with Gasteiger partial charge in [-0.05, 0) is 68.1 Å².